The van der Waals surface area contributed by atoms with Gasteiger partial charge in [0, 0.05) is 22.3 Å². The number of carbonyl (C=O) groups excluding carboxylic acids is 1. The van der Waals surface area contributed by atoms with Crippen LogP contribution in [0.3, 0.4) is 0 Å². The third kappa shape index (κ3) is 2.92. The Morgan fingerprint density at radius 2 is 2.14 bits per heavy atom. The lowest BCUT2D eigenvalue weighted by molar-refractivity contribution is 0.0603. The van der Waals surface area contributed by atoms with Gasteiger partial charge in [-0.05, 0) is 25.0 Å². The fraction of sp³-hybridized carbons (Fsp3) is 0.429. The van der Waals surface area contributed by atoms with Crippen molar-refractivity contribution in [1.82, 2.24) is 9.61 Å². The minimum absolute atomic E-state index is 0.0933. The predicted octanol–water partition coefficient (Wildman–Crippen LogP) is 1.41. The zero-order valence-electron chi connectivity index (χ0n) is 11.7. The third-order valence-corrected chi connectivity index (χ3v) is 4.91. The van der Waals surface area contributed by atoms with Crippen molar-refractivity contribution in [1.29, 1.82) is 0 Å². The van der Waals surface area contributed by atoms with Crippen molar-refractivity contribution in [2.45, 2.75) is 18.9 Å². The number of fused-ring (bicyclic) bond motifs is 1. The highest BCUT2D eigenvalue weighted by Crippen LogP contribution is 2.21. The van der Waals surface area contributed by atoms with Gasteiger partial charge >= 0.3 is 5.97 Å². The highest BCUT2D eigenvalue weighted by molar-refractivity contribution is 7.85. The van der Waals surface area contributed by atoms with Crippen molar-refractivity contribution >= 4 is 22.3 Å². The number of methoxy groups -OCH3 is 1. The van der Waals surface area contributed by atoms with Crippen LogP contribution in [-0.4, -0.2) is 44.5 Å². The molecule has 2 aromatic rings. The van der Waals surface area contributed by atoms with Crippen molar-refractivity contribution in [3.8, 4) is 5.75 Å². The molecule has 0 spiro atoms. The van der Waals surface area contributed by atoms with Crippen LogP contribution in [0.2, 0.25) is 0 Å². The number of rotatable bonds is 3. The van der Waals surface area contributed by atoms with Crippen LogP contribution < -0.4 is 4.74 Å². The van der Waals surface area contributed by atoms with Gasteiger partial charge in [0.2, 0.25) is 0 Å². The molecule has 112 valence electrons. The second-order valence-electron chi connectivity index (χ2n) is 4.91. The molecule has 1 aliphatic rings. The van der Waals surface area contributed by atoms with E-state index in [2.05, 4.69) is 5.10 Å². The second kappa shape index (κ2) is 5.85. The molecule has 6 nitrogen and oxygen atoms in total. The van der Waals surface area contributed by atoms with Crippen LogP contribution in [0.1, 0.15) is 23.2 Å². The summed E-state index contributed by atoms with van der Waals surface area (Å²) in [6, 6.07) is 3.60. The Hall–Kier alpha value is -1.89. The molecular formula is C14H16N2O4S. The molecule has 21 heavy (non-hydrogen) atoms. The molecule has 0 aromatic carbocycles. The van der Waals surface area contributed by atoms with E-state index in [9.17, 15) is 9.00 Å². The summed E-state index contributed by atoms with van der Waals surface area (Å²) in [7, 11) is 0.650. The number of carbonyl (C=O) groups is 1. The molecule has 1 aliphatic heterocycles. The van der Waals surface area contributed by atoms with Gasteiger partial charge in [0.1, 0.15) is 17.4 Å². The van der Waals surface area contributed by atoms with Gasteiger partial charge < -0.3 is 9.47 Å². The maximum absolute atomic E-state index is 11.6. The predicted molar refractivity (Wildman–Crippen MR) is 78.1 cm³/mol. The highest BCUT2D eigenvalue weighted by Gasteiger charge is 2.20. The Kier molecular flexibility index (Phi) is 3.92. The lowest BCUT2D eigenvalue weighted by Crippen LogP contribution is -2.27. The molecule has 2 aromatic heterocycles. The lowest BCUT2D eigenvalue weighted by Gasteiger charge is -2.22. The highest BCUT2D eigenvalue weighted by atomic mass is 32.2. The first-order valence-corrected chi connectivity index (χ1v) is 8.23. The van der Waals surface area contributed by atoms with Crippen LogP contribution in [0, 0.1) is 0 Å². The number of ether oxygens (including phenoxy) is 2. The molecule has 7 heteroatoms. The minimum Gasteiger partial charge on any atom is -0.489 e. The number of nitrogens with zero attached hydrogens (tertiary/aromatic N) is 2. The van der Waals surface area contributed by atoms with Crippen LogP contribution in [-0.2, 0) is 15.5 Å². The Bertz CT molecular complexity index is 687. The topological polar surface area (TPSA) is 69.9 Å². The summed E-state index contributed by atoms with van der Waals surface area (Å²) in [5.74, 6) is 1.68. The van der Waals surface area contributed by atoms with Gasteiger partial charge in [-0.1, -0.05) is 0 Å². The van der Waals surface area contributed by atoms with Crippen LogP contribution in [0.15, 0.2) is 24.5 Å². The standard InChI is InChI=1S/C14H16N2O4S/c1-19-14(17)12-8-15-16-9-11(2-3-13(12)16)20-10-4-6-21(18)7-5-10/h2-3,8-10H,4-7H2,1H3. The van der Waals surface area contributed by atoms with Gasteiger partial charge in [-0.2, -0.15) is 5.10 Å². The van der Waals surface area contributed by atoms with E-state index in [-0.39, 0.29) is 6.10 Å². The first kappa shape index (κ1) is 14.1. The molecule has 3 rings (SSSR count). The van der Waals surface area contributed by atoms with Crippen LogP contribution in [0.5, 0.6) is 5.75 Å². The summed E-state index contributed by atoms with van der Waals surface area (Å²) in [5, 5.41) is 4.14. The Labute approximate surface area is 124 Å². The third-order valence-electron chi connectivity index (χ3n) is 3.53. The molecule has 3 heterocycles. The summed E-state index contributed by atoms with van der Waals surface area (Å²) < 4.78 is 23.5. The normalized spacial score (nSPS) is 22.1. The van der Waals surface area contributed by atoms with E-state index >= 15 is 0 Å². The number of hydrogen-bond donors (Lipinski definition) is 0. The molecule has 0 atom stereocenters. The Morgan fingerprint density at radius 3 is 2.86 bits per heavy atom. The molecule has 0 unspecified atom stereocenters. The Morgan fingerprint density at radius 1 is 1.38 bits per heavy atom. The first-order chi connectivity index (χ1) is 10.2. The monoisotopic (exact) mass is 308 g/mol. The van der Waals surface area contributed by atoms with Gasteiger partial charge in [-0.25, -0.2) is 9.31 Å². The summed E-state index contributed by atoms with van der Waals surface area (Å²) in [5.41, 5.74) is 1.11. The SMILES string of the molecule is COC(=O)c1cnn2cc(OC3CCS(=O)CC3)ccc12. The van der Waals surface area contributed by atoms with Gasteiger partial charge in [-0.15, -0.1) is 0 Å². The molecule has 1 fully saturated rings. The maximum atomic E-state index is 11.6. The molecule has 1 saturated heterocycles. The van der Waals surface area contributed by atoms with E-state index in [1.807, 2.05) is 6.07 Å². The quantitative estimate of drug-likeness (QED) is 0.802. The largest absolute Gasteiger partial charge is 0.489 e. The van der Waals surface area contributed by atoms with Gasteiger partial charge in [-0.3, -0.25) is 4.21 Å². The maximum Gasteiger partial charge on any atom is 0.341 e. The van der Waals surface area contributed by atoms with Crippen molar-refractivity contribution in [3.63, 3.8) is 0 Å². The van der Waals surface area contributed by atoms with Crippen molar-refractivity contribution in [2.24, 2.45) is 0 Å². The summed E-state index contributed by atoms with van der Waals surface area (Å²) in [6.45, 7) is 0. The zero-order chi connectivity index (χ0) is 14.8. The van der Waals surface area contributed by atoms with Crippen molar-refractivity contribution < 1.29 is 18.5 Å². The van der Waals surface area contributed by atoms with Crippen LogP contribution in [0.4, 0.5) is 0 Å². The fourth-order valence-electron chi connectivity index (χ4n) is 2.38. The van der Waals surface area contributed by atoms with Crippen LogP contribution >= 0.6 is 0 Å². The average molecular weight is 308 g/mol. The fourth-order valence-corrected chi connectivity index (χ4v) is 3.64. The van der Waals surface area contributed by atoms with E-state index in [0.29, 0.717) is 28.3 Å². The first-order valence-electron chi connectivity index (χ1n) is 6.74. The van der Waals surface area contributed by atoms with Gasteiger partial charge in [0.05, 0.1) is 25.0 Å². The van der Waals surface area contributed by atoms with E-state index in [1.165, 1.54) is 13.3 Å². The number of pyridine rings is 1. The van der Waals surface area contributed by atoms with Crippen LogP contribution in [0.25, 0.3) is 5.52 Å². The molecule has 0 N–H and O–H groups in total. The van der Waals surface area contributed by atoms with Crippen molar-refractivity contribution in [2.75, 3.05) is 18.6 Å². The number of esters is 1. The summed E-state index contributed by atoms with van der Waals surface area (Å²) in [6.07, 6.45) is 4.92. The molecule has 0 amide bonds. The van der Waals surface area contributed by atoms with E-state index in [0.717, 1.165) is 12.8 Å². The molecule has 0 radical (unpaired) electrons. The minimum atomic E-state index is -0.693. The Balaban J connectivity index is 1.79. The van der Waals surface area contributed by atoms with Gasteiger partial charge in [0.15, 0.2) is 0 Å². The second-order valence-corrected chi connectivity index (χ2v) is 6.61. The smallest absolute Gasteiger partial charge is 0.341 e. The number of aromatic nitrogens is 2. The molecular weight excluding hydrogens is 292 g/mol. The zero-order valence-corrected chi connectivity index (χ0v) is 12.5. The number of hydrogen-bond acceptors (Lipinski definition) is 5. The van der Waals surface area contributed by atoms with Gasteiger partial charge in [0.25, 0.3) is 0 Å². The van der Waals surface area contributed by atoms with Crippen molar-refractivity contribution in [3.05, 3.63) is 30.1 Å². The van der Waals surface area contributed by atoms with E-state index in [4.69, 9.17) is 9.47 Å². The summed E-state index contributed by atoms with van der Waals surface area (Å²) in [4.78, 5) is 11.6. The van der Waals surface area contributed by atoms with E-state index < -0.39 is 16.8 Å². The molecule has 0 saturated carbocycles. The summed E-state index contributed by atoms with van der Waals surface area (Å²) >= 11 is 0. The average Bonchev–Trinajstić information content (AvgIpc) is 2.92. The molecule has 0 aliphatic carbocycles. The molecule has 0 bridgehead atoms. The lowest BCUT2D eigenvalue weighted by atomic mass is 10.2. The van der Waals surface area contributed by atoms with E-state index in [1.54, 1.807) is 16.8 Å².